The molecule has 3 aromatic carbocycles. The highest BCUT2D eigenvalue weighted by Gasteiger charge is 2.31. The summed E-state index contributed by atoms with van der Waals surface area (Å²) in [6.45, 7) is 7.85. The number of piperazine rings is 1. The Kier molecular flexibility index (Phi) is 10.4. The molecule has 49 heavy (non-hydrogen) atoms. The number of amides is 2. The number of benzene rings is 3. The van der Waals surface area contributed by atoms with E-state index < -0.39 is 34.0 Å². The number of rotatable bonds is 9. The van der Waals surface area contributed by atoms with Gasteiger partial charge in [-0.15, -0.1) is 10.2 Å². The molecule has 2 amide bonds. The number of hydrogen-bond donors (Lipinski definition) is 0. The number of sulfone groups is 1. The molecule has 2 atom stereocenters. The average Bonchev–Trinajstić information content (AvgIpc) is 3.58. The number of hydrogen-bond acceptors (Lipinski definition) is 8. The summed E-state index contributed by atoms with van der Waals surface area (Å²) in [7, 11) is -3.23. The maximum absolute atomic E-state index is 15.4. The van der Waals surface area contributed by atoms with Crippen LogP contribution >= 0.6 is 0 Å². The number of nitrogens with zero attached hydrogens (tertiary/aromatic N) is 6. The number of carbonyl (C=O) groups excluding carboxylic acids is 1. The van der Waals surface area contributed by atoms with Crippen LogP contribution in [-0.2, 0) is 29.5 Å². The van der Waals surface area contributed by atoms with Crippen molar-refractivity contribution in [3.63, 3.8) is 0 Å². The Bertz CT molecular complexity index is 1830. The van der Waals surface area contributed by atoms with E-state index in [1.165, 1.54) is 27.5 Å². The largest absolute Gasteiger partial charge is 0.415 e. The highest BCUT2D eigenvalue weighted by atomic mass is 32.2. The lowest BCUT2D eigenvalue weighted by Crippen LogP contribution is -2.55. The molecule has 2 saturated heterocycles. The van der Waals surface area contributed by atoms with Crippen LogP contribution in [0.3, 0.4) is 0 Å². The van der Waals surface area contributed by atoms with Crippen molar-refractivity contribution in [1.82, 2.24) is 24.9 Å². The number of urea groups is 1. The van der Waals surface area contributed by atoms with Crippen LogP contribution in [-0.4, -0.2) is 89.1 Å². The van der Waals surface area contributed by atoms with Gasteiger partial charge in [-0.05, 0) is 49.2 Å². The zero-order valence-electron chi connectivity index (χ0n) is 27.4. The molecule has 0 saturated carbocycles. The smallest absolute Gasteiger partial charge is 0.324 e. The standard InChI is InChI=1S/C35H39F3N6O4S/c1-24-19-41(20-25(2)43(24)22-26-6-4-3-5-7-26)21-27-8-12-30(13-9-27)44(35(45)42-14-16-49(46,47)17-15-42)23-29-11-10-28(18-31(29)36)33-39-40-34(48-33)32(37)38/h3-13,18,24-25,32H,14-17,19-23H2,1-2H3/t24-,25+. The Morgan fingerprint density at radius 3 is 2.18 bits per heavy atom. The summed E-state index contributed by atoms with van der Waals surface area (Å²) < 4.78 is 70.4. The van der Waals surface area contributed by atoms with Gasteiger partial charge in [0.05, 0.1) is 18.1 Å². The third kappa shape index (κ3) is 8.31. The molecule has 4 aromatic rings. The quantitative estimate of drug-likeness (QED) is 0.218. The Labute approximate surface area is 284 Å². The van der Waals surface area contributed by atoms with Crippen molar-refractivity contribution in [3.05, 3.63) is 101 Å². The van der Waals surface area contributed by atoms with E-state index in [9.17, 15) is 22.0 Å². The predicted octanol–water partition coefficient (Wildman–Crippen LogP) is 5.77. The van der Waals surface area contributed by atoms with E-state index in [2.05, 4.69) is 58.1 Å². The molecule has 10 nitrogen and oxygen atoms in total. The second-order valence-corrected chi connectivity index (χ2v) is 15.1. The van der Waals surface area contributed by atoms with E-state index in [-0.39, 0.29) is 48.2 Å². The monoisotopic (exact) mass is 696 g/mol. The lowest BCUT2D eigenvalue weighted by molar-refractivity contribution is 0.0290. The van der Waals surface area contributed by atoms with Crippen LogP contribution in [0.5, 0.6) is 0 Å². The molecule has 14 heteroatoms. The van der Waals surface area contributed by atoms with E-state index in [1.54, 1.807) is 0 Å². The molecule has 0 aliphatic carbocycles. The third-order valence-electron chi connectivity index (χ3n) is 9.14. The van der Waals surface area contributed by atoms with E-state index in [0.717, 1.165) is 37.8 Å². The van der Waals surface area contributed by atoms with Crippen molar-refractivity contribution in [2.75, 3.05) is 42.6 Å². The molecule has 0 spiro atoms. The maximum Gasteiger partial charge on any atom is 0.324 e. The second-order valence-electron chi connectivity index (χ2n) is 12.8. The topological polar surface area (TPSA) is 103 Å². The molecule has 2 aliphatic heterocycles. The minimum absolute atomic E-state index is 0.0351. The molecular formula is C35H39F3N6O4S. The number of alkyl halides is 2. The van der Waals surface area contributed by atoms with Gasteiger partial charge in [-0.2, -0.15) is 8.78 Å². The summed E-state index contributed by atoms with van der Waals surface area (Å²) in [4.78, 5) is 21.7. The van der Waals surface area contributed by atoms with Crippen LogP contribution in [0.4, 0.5) is 23.7 Å². The molecule has 0 radical (unpaired) electrons. The van der Waals surface area contributed by atoms with Gasteiger partial charge in [-0.1, -0.05) is 48.5 Å². The summed E-state index contributed by atoms with van der Waals surface area (Å²) >= 11 is 0. The van der Waals surface area contributed by atoms with Gasteiger partial charge < -0.3 is 9.32 Å². The average molecular weight is 697 g/mol. The van der Waals surface area contributed by atoms with Crippen LogP contribution in [0.1, 0.15) is 42.9 Å². The first-order valence-corrected chi connectivity index (χ1v) is 18.1. The molecule has 1 aromatic heterocycles. The molecule has 3 heterocycles. The summed E-state index contributed by atoms with van der Waals surface area (Å²) in [5.74, 6) is -2.10. The Morgan fingerprint density at radius 2 is 1.57 bits per heavy atom. The summed E-state index contributed by atoms with van der Waals surface area (Å²) in [5, 5.41) is 6.87. The number of carbonyl (C=O) groups is 1. The number of halogens is 3. The molecule has 2 fully saturated rings. The van der Waals surface area contributed by atoms with Gasteiger partial charge in [0.1, 0.15) is 5.82 Å². The molecule has 260 valence electrons. The molecule has 6 rings (SSSR count). The Balaban J connectivity index is 1.17. The zero-order chi connectivity index (χ0) is 34.7. The van der Waals surface area contributed by atoms with Crippen molar-refractivity contribution in [2.24, 2.45) is 0 Å². The highest BCUT2D eigenvalue weighted by Crippen LogP contribution is 2.28. The lowest BCUT2D eigenvalue weighted by atomic mass is 10.0. The number of aromatic nitrogens is 2. The van der Waals surface area contributed by atoms with Crippen molar-refractivity contribution >= 4 is 21.6 Å². The molecule has 0 N–H and O–H groups in total. The van der Waals surface area contributed by atoms with Crippen LogP contribution in [0.25, 0.3) is 11.5 Å². The van der Waals surface area contributed by atoms with Crippen LogP contribution in [0.2, 0.25) is 0 Å². The summed E-state index contributed by atoms with van der Waals surface area (Å²) in [6.07, 6.45) is -2.96. The fourth-order valence-corrected chi connectivity index (χ4v) is 7.70. The van der Waals surface area contributed by atoms with Crippen LogP contribution in [0.15, 0.2) is 77.2 Å². The first-order chi connectivity index (χ1) is 23.5. The molecule has 0 bridgehead atoms. The second kappa shape index (κ2) is 14.7. The third-order valence-corrected chi connectivity index (χ3v) is 10.8. The van der Waals surface area contributed by atoms with Gasteiger partial charge >= 0.3 is 12.5 Å². The van der Waals surface area contributed by atoms with Crippen LogP contribution < -0.4 is 4.90 Å². The summed E-state index contributed by atoms with van der Waals surface area (Å²) in [6, 6.07) is 22.3. The Morgan fingerprint density at radius 1 is 0.918 bits per heavy atom. The molecule has 0 unspecified atom stereocenters. The Hall–Kier alpha value is -4.27. The maximum atomic E-state index is 15.4. The van der Waals surface area contributed by atoms with Crippen LogP contribution in [0, 0.1) is 5.82 Å². The van der Waals surface area contributed by atoms with Crippen molar-refractivity contribution in [3.8, 4) is 11.5 Å². The van der Waals surface area contributed by atoms with Gasteiger partial charge in [0.2, 0.25) is 5.89 Å². The number of anilines is 1. The highest BCUT2D eigenvalue weighted by molar-refractivity contribution is 7.91. The lowest BCUT2D eigenvalue weighted by Gasteiger charge is -2.44. The first kappa shape index (κ1) is 34.6. The van der Waals surface area contributed by atoms with Gasteiger partial charge in [0.15, 0.2) is 9.84 Å². The zero-order valence-corrected chi connectivity index (χ0v) is 28.2. The van der Waals surface area contributed by atoms with E-state index >= 15 is 4.39 Å². The SMILES string of the molecule is C[C@@H]1CN(Cc2ccc(N(Cc3ccc(-c4nnc(C(F)F)o4)cc3F)C(=O)N3CCS(=O)(=O)CC3)cc2)C[C@H](C)N1Cc1ccccc1. The van der Waals surface area contributed by atoms with Crippen molar-refractivity contribution < 1.29 is 30.8 Å². The van der Waals surface area contributed by atoms with Gasteiger partial charge in [0, 0.05) is 68.2 Å². The first-order valence-electron chi connectivity index (χ1n) is 16.2. The van der Waals surface area contributed by atoms with E-state index in [1.807, 2.05) is 30.3 Å². The van der Waals surface area contributed by atoms with E-state index in [4.69, 9.17) is 4.42 Å². The molecular weight excluding hydrogens is 657 g/mol. The summed E-state index contributed by atoms with van der Waals surface area (Å²) in [5.41, 5.74) is 3.17. The minimum atomic E-state index is -3.23. The fourth-order valence-electron chi connectivity index (χ4n) is 6.50. The van der Waals surface area contributed by atoms with Gasteiger partial charge in [-0.3, -0.25) is 14.7 Å². The normalized spacial score (nSPS) is 20.1. The van der Waals surface area contributed by atoms with Gasteiger partial charge in [0.25, 0.3) is 5.89 Å². The van der Waals surface area contributed by atoms with E-state index in [0.29, 0.717) is 17.8 Å². The van der Waals surface area contributed by atoms with Crippen molar-refractivity contribution in [2.45, 2.75) is 52.0 Å². The predicted molar refractivity (Wildman–Crippen MR) is 179 cm³/mol. The fraction of sp³-hybridized carbons (Fsp3) is 0.400. The van der Waals surface area contributed by atoms with Gasteiger partial charge in [-0.25, -0.2) is 17.6 Å². The minimum Gasteiger partial charge on any atom is -0.415 e. The molecule has 2 aliphatic rings. The van der Waals surface area contributed by atoms with Crippen molar-refractivity contribution in [1.29, 1.82) is 0 Å².